The summed E-state index contributed by atoms with van der Waals surface area (Å²) in [5.41, 5.74) is 0. The number of aromatic nitrogens is 1. The lowest BCUT2D eigenvalue weighted by Gasteiger charge is -1.99. The molecule has 1 amide bonds. The smallest absolute Gasteiger partial charge is 0.263 e. The first-order valence-electron chi connectivity index (χ1n) is 5.59. The Bertz CT molecular complexity index is 532. The van der Waals surface area contributed by atoms with Crippen molar-refractivity contribution in [3.8, 4) is 0 Å². The number of hydrogen-bond donors (Lipinski definition) is 1. The van der Waals surface area contributed by atoms with Crippen molar-refractivity contribution in [1.29, 1.82) is 0 Å². The highest BCUT2D eigenvalue weighted by molar-refractivity contribution is 7.93. The third-order valence-electron chi connectivity index (χ3n) is 2.19. The van der Waals surface area contributed by atoms with Gasteiger partial charge in [-0.3, -0.25) is 4.79 Å². The second-order valence-electron chi connectivity index (χ2n) is 3.51. The zero-order chi connectivity index (χ0) is 13.6. The monoisotopic (exact) mass is 288 g/mol. The minimum absolute atomic E-state index is 0.00334. The van der Waals surface area contributed by atoms with E-state index >= 15 is 0 Å². The molecule has 0 spiro atoms. The van der Waals surface area contributed by atoms with Crippen LogP contribution in [0.15, 0.2) is 22.7 Å². The Hall–Kier alpha value is -1.21. The Labute approximate surface area is 111 Å². The van der Waals surface area contributed by atoms with Crippen molar-refractivity contribution in [1.82, 2.24) is 10.3 Å². The van der Waals surface area contributed by atoms with Crippen molar-refractivity contribution in [3.05, 3.63) is 23.2 Å². The summed E-state index contributed by atoms with van der Waals surface area (Å²) in [5.74, 6) is -0.294. The van der Waals surface area contributed by atoms with Crippen LogP contribution in [0, 0.1) is 0 Å². The maximum atomic E-state index is 11.7. The van der Waals surface area contributed by atoms with Gasteiger partial charge in [-0.05, 0) is 13.3 Å². The molecule has 0 saturated heterocycles. The van der Waals surface area contributed by atoms with E-state index in [1.54, 1.807) is 6.92 Å². The van der Waals surface area contributed by atoms with Crippen molar-refractivity contribution in [2.75, 3.05) is 12.3 Å². The third-order valence-corrected chi connectivity index (χ3v) is 5.39. The Kier molecular flexibility index (Phi) is 5.49. The number of carbonyl (C=O) groups excluding carboxylic acids is 1. The lowest BCUT2D eigenvalue weighted by Crippen LogP contribution is -2.23. The van der Waals surface area contributed by atoms with Gasteiger partial charge in [0.15, 0.2) is 0 Å². The quantitative estimate of drug-likeness (QED) is 0.637. The Balaban J connectivity index is 2.66. The fourth-order valence-electron chi connectivity index (χ4n) is 1.15. The van der Waals surface area contributed by atoms with E-state index in [1.807, 2.05) is 19.1 Å². The molecule has 0 aromatic carbocycles. The van der Waals surface area contributed by atoms with Crippen molar-refractivity contribution in [2.45, 2.75) is 24.6 Å². The second kappa shape index (κ2) is 6.65. The van der Waals surface area contributed by atoms with Crippen LogP contribution in [0.1, 0.15) is 29.9 Å². The van der Waals surface area contributed by atoms with Gasteiger partial charge in [-0.25, -0.2) is 13.4 Å². The summed E-state index contributed by atoms with van der Waals surface area (Å²) in [5, 5.41) is 2.70. The van der Waals surface area contributed by atoms with Crippen molar-refractivity contribution in [3.63, 3.8) is 0 Å². The summed E-state index contributed by atoms with van der Waals surface area (Å²) in [6.07, 6.45) is 5.91. The summed E-state index contributed by atoms with van der Waals surface area (Å²) >= 11 is 0.907. The van der Waals surface area contributed by atoms with Gasteiger partial charge in [0.25, 0.3) is 5.91 Å². The van der Waals surface area contributed by atoms with Crippen LogP contribution in [-0.4, -0.2) is 31.6 Å². The van der Waals surface area contributed by atoms with Gasteiger partial charge < -0.3 is 5.32 Å². The molecule has 5 nitrogen and oxygen atoms in total. The van der Waals surface area contributed by atoms with Crippen molar-refractivity contribution in [2.24, 2.45) is 0 Å². The van der Waals surface area contributed by atoms with Crippen molar-refractivity contribution < 1.29 is 13.2 Å². The van der Waals surface area contributed by atoms with Gasteiger partial charge in [0.1, 0.15) is 4.88 Å². The maximum absolute atomic E-state index is 11.7. The highest BCUT2D eigenvalue weighted by Crippen LogP contribution is 2.19. The van der Waals surface area contributed by atoms with E-state index in [0.717, 1.165) is 17.8 Å². The molecule has 1 heterocycles. The average Bonchev–Trinajstić information content (AvgIpc) is 2.84. The zero-order valence-electron chi connectivity index (χ0n) is 10.3. The molecule has 0 aliphatic carbocycles. The van der Waals surface area contributed by atoms with Gasteiger partial charge in [0, 0.05) is 6.54 Å². The van der Waals surface area contributed by atoms with Crippen LogP contribution in [0.25, 0.3) is 0 Å². The molecule has 7 heteroatoms. The predicted molar refractivity (Wildman–Crippen MR) is 71.6 cm³/mol. The molecule has 18 heavy (non-hydrogen) atoms. The normalized spacial score (nSPS) is 11.9. The molecule has 0 unspecified atom stereocenters. The number of thiazole rings is 1. The molecule has 0 bridgehead atoms. The van der Waals surface area contributed by atoms with Gasteiger partial charge in [-0.15, -0.1) is 0 Å². The minimum Gasteiger partial charge on any atom is -0.351 e. The lowest BCUT2D eigenvalue weighted by molar-refractivity contribution is 0.0958. The second-order valence-corrected chi connectivity index (χ2v) is 6.99. The van der Waals surface area contributed by atoms with Gasteiger partial charge in [-0.2, -0.15) is 0 Å². The molecule has 0 fully saturated rings. The van der Waals surface area contributed by atoms with Crippen LogP contribution in [0.5, 0.6) is 0 Å². The maximum Gasteiger partial charge on any atom is 0.263 e. The number of allylic oxidation sites excluding steroid dienone is 1. The summed E-state index contributed by atoms with van der Waals surface area (Å²) < 4.78 is 23.1. The summed E-state index contributed by atoms with van der Waals surface area (Å²) in [7, 11) is -3.32. The molecule has 1 N–H and O–H groups in total. The Morgan fingerprint density at radius 3 is 2.89 bits per heavy atom. The van der Waals surface area contributed by atoms with Crippen LogP contribution < -0.4 is 5.32 Å². The third kappa shape index (κ3) is 3.92. The topological polar surface area (TPSA) is 76.1 Å². The summed E-state index contributed by atoms with van der Waals surface area (Å²) in [6.45, 7) is 3.98. The number of nitrogens with one attached hydrogen (secondary N) is 1. The molecule has 1 aromatic heterocycles. The fourth-order valence-corrected chi connectivity index (χ4v) is 3.31. The van der Waals surface area contributed by atoms with Crippen LogP contribution in [-0.2, 0) is 9.84 Å². The SMILES string of the molecule is C/C=C/CCNC(=O)c1cnc(S(=O)(=O)CC)s1. The van der Waals surface area contributed by atoms with Gasteiger partial charge in [-0.1, -0.05) is 30.4 Å². The molecule has 100 valence electrons. The number of nitrogens with zero attached hydrogens (tertiary/aromatic N) is 1. The highest BCUT2D eigenvalue weighted by atomic mass is 32.2. The van der Waals surface area contributed by atoms with E-state index in [4.69, 9.17) is 0 Å². The molecule has 1 rings (SSSR count). The number of hydrogen-bond acceptors (Lipinski definition) is 5. The summed E-state index contributed by atoms with van der Waals surface area (Å²) in [4.78, 5) is 15.8. The molecule has 0 atom stereocenters. The van der Waals surface area contributed by atoms with Gasteiger partial charge in [0.05, 0.1) is 11.9 Å². The largest absolute Gasteiger partial charge is 0.351 e. The number of carbonyl (C=O) groups is 1. The summed E-state index contributed by atoms with van der Waals surface area (Å²) in [6, 6.07) is 0. The fraction of sp³-hybridized carbons (Fsp3) is 0.455. The predicted octanol–water partition coefficient (Wildman–Crippen LogP) is 1.63. The number of sulfone groups is 1. The van der Waals surface area contributed by atoms with E-state index in [9.17, 15) is 13.2 Å². The van der Waals surface area contributed by atoms with Crippen molar-refractivity contribution >= 4 is 27.1 Å². The van der Waals surface area contributed by atoms with E-state index in [1.165, 1.54) is 6.20 Å². The Morgan fingerprint density at radius 1 is 1.56 bits per heavy atom. The first-order valence-corrected chi connectivity index (χ1v) is 8.06. The molecule has 0 saturated carbocycles. The zero-order valence-corrected chi connectivity index (χ0v) is 12.0. The number of rotatable bonds is 6. The molecule has 0 radical (unpaired) electrons. The minimum atomic E-state index is -3.32. The first kappa shape index (κ1) is 14.8. The van der Waals surface area contributed by atoms with Gasteiger partial charge in [0.2, 0.25) is 14.2 Å². The van der Waals surface area contributed by atoms with Crippen LogP contribution in [0.4, 0.5) is 0 Å². The molecular formula is C11H16N2O3S2. The van der Waals surface area contributed by atoms with E-state index < -0.39 is 9.84 Å². The molecule has 0 aliphatic heterocycles. The van der Waals surface area contributed by atoms with Crippen LogP contribution in [0.3, 0.4) is 0 Å². The molecular weight excluding hydrogens is 272 g/mol. The molecule has 1 aromatic rings. The first-order chi connectivity index (χ1) is 8.51. The number of amides is 1. The highest BCUT2D eigenvalue weighted by Gasteiger charge is 2.18. The van der Waals surface area contributed by atoms with Gasteiger partial charge >= 0.3 is 0 Å². The van der Waals surface area contributed by atoms with E-state index in [0.29, 0.717) is 11.4 Å². The Morgan fingerprint density at radius 2 is 2.28 bits per heavy atom. The lowest BCUT2D eigenvalue weighted by atomic mass is 10.4. The van der Waals surface area contributed by atoms with E-state index in [-0.39, 0.29) is 16.0 Å². The standard InChI is InChI=1S/C11H16N2O3S2/c1-3-5-6-7-12-10(14)9-8-13-11(17-9)18(15,16)4-2/h3,5,8H,4,6-7H2,1-2H3,(H,12,14)/b5-3+. The van der Waals surface area contributed by atoms with Crippen LogP contribution in [0.2, 0.25) is 0 Å². The van der Waals surface area contributed by atoms with Crippen LogP contribution >= 0.6 is 11.3 Å². The average molecular weight is 288 g/mol. The molecule has 0 aliphatic rings. The van der Waals surface area contributed by atoms with E-state index in [2.05, 4.69) is 10.3 Å².